The fourth-order valence-electron chi connectivity index (χ4n) is 2.86. The first-order chi connectivity index (χ1) is 8.13. The summed E-state index contributed by atoms with van der Waals surface area (Å²) in [7, 11) is 0. The maximum absolute atomic E-state index is 11.8. The van der Waals surface area contributed by atoms with Gasteiger partial charge in [0.25, 0.3) is 0 Å². The van der Waals surface area contributed by atoms with E-state index in [2.05, 4.69) is 11.9 Å². The van der Waals surface area contributed by atoms with Gasteiger partial charge in [-0.3, -0.25) is 4.98 Å². The van der Waals surface area contributed by atoms with E-state index in [4.69, 9.17) is 17.0 Å². The monoisotopic (exact) mass is 252 g/mol. The van der Waals surface area contributed by atoms with Crippen LogP contribution in [0, 0.1) is 10.6 Å². The summed E-state index contributed by atoms with van der Waals surface area (Å²) in [6, 6.07) is 0. The molecule has 5 heteroatoms. The number of hydrogen-bond acceptors (Lipinski definition) is 3. The molecule has 3 atom stereocenters. The minimum absolute atomic E-state index is 0.0703. The van der Waals surface area contributed by atoms with E-state index in [0.29, 0.717) is 16.7 Å². The molecule has 0 radical (unpaired) electrons. The van der Waals surface area contributed by atoms with Crippen molar-refractivity contribution in [3.05, 3.63) is 26.9 Å². The maximum Gasteiger partial charge on any atom is 0.326 e. The molecule has 17 heavy (non-hydrogen) atoms. The van der Waals surface area contributed by atoms with Gasteiger partial charge in [-0.05, 0) is 25.2 Å². The van der Waals surface area contributed by atoms with Crippen LogP contribution in [0.15, 0.2) is 11.0 Å². The molecule has 1 aromatic rings. The fraction of sp³-hybridized carbons (Fsp3) is 0.667. The third kappa shape index (κ3) is 1.98. The van der Waals surface area contributed by atoms with E-state index in [-0.39, 0.29) is 11.8 Å². The van der Waals surface area contributed by atoms with Crippen molar-refractivity contribution in [1.82, 2.24) is 9.55 Å². The molecule has 0 aliphatic carbocycles. The summed E-state index contributed by atoms with van der Waals surface area (Å²) in [6.45, 7) is 2.90. The number of hydrogen-bond donors (Lipinski definition) is 1. The van der Waals surface area contributed by atoms with Gasteiger partial charge in [0.05, 0.1) is 12.2 Å². The fourth-order valence-corrected chi connectivity index (χ4v) is 3.13. The van der Waals surface area contributed by atoms with Crippen LogP contribution in [-0.4, -0.2) is 15.7 Å². The van der Waals surface area contributed by atoms with Crippen LogP contribution in [-0.2, 0) is 11.3 Å². The molecule has 3 heterocycles. The second-order valence-electron chi connectivity index (χ2n) is 5.16. The van der Waals surface area contributed by atoms with Crippen molar-refractivity contribution in [3.63, 3.8) is 0 Å². The van der Waals surface area contributed by atoms with Crippen LogP contribution in [0.5, 0.6) is 0 Å². The molecule has 0 amide bonds. The lowest BCUT2D eigenvalue weighted by molar-refractivity contribution is 0.0324. The van der Waals surface area contributed by atoms with Gasteiger partial charge >= 0.3 is 5.69 Å². The first kappa shape index (κ1) is 11.2. The minimum atomic E-state index is -0.108. The SMILES string of the molecule is CC1CC2CC[C@@H](O2)c2cn(c(=O)[nH]c2=S)C1. The van der Waals surface area contributed by atoms with E-state index < -0.39 is 0 Å². The molecular formula is C12H16N2O2S. The Bertz CT molecular complexity index is 548. The Morgan fingerprint density at radius 2 is 2.35 bits per heavy atom. The Hall–Kier alpha value is -0.940. The quantitative estimate of drug-likeness (QED) is 0.720. The van der Waals surface area contributed by atoms with Crippen LogP contribution in [0.3, 0.4) is 0 Å². The van der Waals surface area contributed by atoms with Gasteiger partial charge in [0.15, 0.2) is 0 Å². The van der Waals surface area contributed by atoms with Crippen LogP contribution < -0.4 is 5.69 Å². The largest absolute Gasteiger partial charge is 0.370 e. The number of H-pyrrole nitrogens is 1. The Labute approximate surface area is 105 Å². The topological polar surface area (TPSA) is 47.0 Å². The van der Waals surface area contributed by atoms with Crippen molar-refractivity contribution in [3.8, 4) is 0 Å². The van der Waals surface area contributed by atoms with Crippen molar-refractivity contribution in [2.24, 2.45) is 5.92 Å². The van der Waals surface area contributed by atoms with E-state index in [1.54, 1.807) is 4.57 Å². The Balaban J connectivity index is 2.15. The lowest BCUT2D eigenvalue weighted by atomic mass is 10.00. The third-order valence-electron chi connectivity index (χ3n) is 3.67. The highest BCUT2D eigenvalue weighted by Gasteiger charge is 2.30. The molecular weight excluding hydrogens is 236 g/mol. The Kier molecular flexibility index (Phi) is 2.67. The highest BCUT2D eigenvalue weighted by atomic mass is 32.1. The Morgan fingerprint density at radius 3 is 3.18 bits per heavy atom. The van der Waals surface area contributed by atoms with E-state index in [0.717, 1.165) is 31.4 Å². The number of nitrogens with zero attached hydrogens (tertiary/aromatic N) is 1. The molecule has 2 aliphatic rings. The predicted octanol–water partition coefficient (Wildman–Crippen LogP) is 2.17. The van der Waals surface area contributed by atoms with E-state index in [1.807, 2.05) is 6.20 Å². The molecule has 2 unspecified atom stereocenters. The first-order valence-electron chi connectivity index (χ1n) is 6.12. The Morgan fingerprint density at radius 1 is 1.53 bits per heavy atom. The summed E-state index contributed by atoms with van der Waals surface area (Å²) in [5.74, 6) is 0.451. The molecule has 0 spiro atoms. The predicted molar refractivity (Wildman–Crippen MR) is 66.5 cm³/mol. The summed E-state index contributed by atoms with van der Waals surface area (Å²) >= 11 is 5.22. The average Bonchev–Trinajstić information content (AvgIpc) is 2.71. The molecule has 1 saturated heterocycles. The molecule has 2 aliphatic heterocycles. The highest BCUT2D eigenvalue weighted by Crippen LogP contribution is 2.36. The van der Waals surface area contributed by atoms with Crippen molar-refractivity contribution in [2.45, 2.75) is 44.9 Å². The van der Waals surface area contributed by atoms with Crippen molar-refractivity contribution < 1.29 is 4.74 Å². The maximum atomic E-state index is 11.8. The van der Waals surface area contributed by atoms with Crippen LogP contribution in [0.25, 0.3) is 0 Å². The first-order valence-corrected chi connectivity index (χ1v) is 6.53. The molecule has 4 nitrogen and oxygen atoms in total. The van der Waals surface area contributed by atoms with E-state index in [9.17, 15) is 4.79 Å². The third-order valence-corrected chi connectivity index (χ3v) is 4.00. The van der Waals surface area contributed by atoms with Crippen LogP contribution in [0.1, 0.15) is 37.9 Å². The summed E-state index contributed by atoms with van der Waals surface area (Å²) in [5.41, 5.74) is 0.861. The van der Waals surface area contributed by atoms with Gasteiger partial charge in [-0.1, -0.05) is 19.1 Å². The smallest absolute Gasteiger partial charge is 0.326 e. The second kappa shape index (κ2) is 4.07. The average molecular weight is 252 g/mol. The number of ether oxygens (including phenoxy) is 1. The second-order valence-corrected chi connectivity index (χ2v) is 5.57. The lowest BCUT2D eigenvalue weighted by Gasteiger charge is -2.15. The standard InChI is InChI=1S/C12H16N2O2S/c1-7-4-8-2-3-10(16-8)9-6-14(5-7)12(15)13-11(9)17/h6-8,10H,2-5H2,1H3,(H,13,15,17)/t7?,8?,10-/m1/s1. The molecule has 0 saturated carbocycles. The number of fused-ring (bicyclic) bond motifs is 5. The number of rotatable bonds is 0. The highest BCUT2D eigenvalue weighted by molar-refractivity contribution is 7.71. The van der Waals surface area contributed by atoms with Gasteiger partial charge in [-0.15, -0.1) is 0 Å². The summed E-state index contributed by atoms with van der Waals surface area (Å²) < 4.78 is 8.28. The van der Waals surface area contributed by atoms with Crippen molar-refractivity contribution in [2.75, 3.05) is 0 Å². The summed E-state index contributed by atoms with van der Waals surface area (Å²) in [6.07, 6.45) is 5.41. The van der Waals surface area contributed by atoms with Crippen LogP contribution in [0.2, 0.25) is 0 Å². The summed E-state index contributed by atoms with van der Waals surface area (Å²) in [4.78, 5) is 14.5. The molecule has 1 N–H and O–H groups in total. The molecule has 92 valence electrons. The van der Waals surface area contributed by atoms with Gasteiger partial charge < -0.3 is 9.30 Å². The van der Waals surface area contributed by atoms with Crippen molar-refractivity contribution >= 4 is 12.2 Å². The summed E-state index contributed by atoms with van der Waals surface area (Å²) in [5, 5.41) is 0. The molecule has 1 fully saturated rings. The normalized spacial score (nSPS) is 31.7. The molecule has 4 bridgehead atoms. The zero-order valence-electron chi connectivity index (χ0n) is 9.81. The van der Waals surface area contributed by atoms with Gasteiger partial charge in [0.2, 0.25) is 0 Å². The van der Waals surface area contributed by atoms with Gasteiger partial charge in [-0.2, -0.15) is 0 Å². The van der Waals surface area contributed by atoms with E-state index >= 15 is 0 Å². The zero-order chi connectivity index (χ0) is 12.0. The lowest BCUT2D eigenvalue weighted by Crippen LogP contribution is -2.26. The van der Waals surface area contributed by atoms with Crippen molar-refractivity contribution in [1.29, 1.82) is 0 Å². The van der Waals surface area contributed by atoms with E-state index in [1.165, 1.54) is 0 Å². The van der Waals surface area contributed by atoms with Gasteiger partial charge in [-0.25, -0.2) is 4.79 Å². The molecule has 3 rings (SSSR count). The van der Waals surface area contributed by atoms with Gasteiger partial charge in [0, 0.05) is 18.3 Å². The zero-order valence-corrected chi connectivity index (χ0v) is 10.6. The minimum Gasteiger partial charge on any atom is -0.370 e. The molecule has 0 aromatic carbocycles. The van der Waals surface area contributed by atoms with Crippen LogP contribution >= 0.6 is 12.2 Å². The van der Waals surface area contributed by atoms with Gasteiger partial charge in [0.1, 0.15) is 4.64 Å². The number of aromatic amines is 1. The molecule has 1 aromatic heterocycles. The number of nitrogens with one attached hydrogen (secondary N) is 1. The van der Waals surface area contributed by atoms with Crippen LogP contribution in [0.4, 0.5) is 0 Å². The number of aromatic nitrogens is 2.